The molecule has 3 aromatic rings. The second kappa shape index (κ2) is 8.95. The molecule has 0 aliphatic carbocycles. The third-order valence-electron chi connectivity index (χ3n) is 3.97. The summed E-state index contributed by atoms with van der Waals surface area (Å²) in [5.74, 6) is -1.37. The van der Waals surface area contributed by atoms with Crippen LogP contribution in [0.3, 0.4) is 0 Å². The summed E-state index contributed by atoms with van der Waals surface area (Å²) in [6.45, 7) is 3.20. The van der Waals surface area contributed by atoms with Crippen molar-refractivity contribution >= 4 is 17.6 Å². The molecule has 154 valence electrons. The molecule has 0 saturated heterocycles. The summed E-state index contributed by atoms with van der Waals surface area (Å²) in [5, 5.41) is 19.0. The fourth-order valence-electron chi connectivity index (χ4n) is 2.54. The van der Waals surface area contributed by atoms with Gasteiger partial charge in [-0.25, -0.2) is 9.59 Å². The SMILES string of the molecule is CCOC(=O)c1cc(C(=O)O[C@H](C)c2nnc(-c3ccccc3)o2)cc([N+](=O)[O-])c1. The van der Waals surface area contributed by atoms with Crippen LogP contribution in [0.25, 0.3) is 11.5 Å². The van der Waals surface area contributed by atoms with E-state index in [0.717, 1.165) is 12.1 Å². The van der Waals surface area contributed by atoms with E-state index in [1.165, 1.54) is 13.0 Å². The van der Waals surface area contributed by atoms with Crippen LogP contribution in [0.4, 0.5) is 5.69 Å². The van der Waals surface area contributed by atoms with Gasteiger partial charge in [0, 0.05) is 17.7 Å². The summed E-state index contributed by atoms with van der Waals surface area (Å²) in [6, 6.07) is 12.3. The predicted octanol–water partition coefficient (Wildman–Crippen LogP) is 3.74. The number of aromatic nitrogens is 2. The maximum atomic E-state index is 12.5. The van der Waals surface area contributed by atoms with Crippen LogP contribution < -0.4 is 0 Å². The smallest absolute Gasteiger partial charge is 0.339 e. The summed E-state index contributed by atoms with van der Waals surface area (Å²) < 4.78 is 15.7. The van der Waals surface area contributed by atoms with Crippen molar-refractivity contribution in [2.75, 3.05) is 6.61 Å². The molecule has 0 aliphatic rings. The number of nitrogens with zero attached hydrogens (tertiary/aromatic N) is 3. The number of rotatable bonds is 7. The number of nitro groups is 1. The van der Waals surface area contributed by atoms with Gasteiger partial charge in [0.2, 0.25) is 5.89 Å². The number of non-ortho nitro benzene ring substituents is 1. The van der Waals surface area contributed by atoms with Crippen molar-refractivity contribution in [1.29, 1.82) is 0 Å². The van der Waals surface area contributed by atoms with E-state index in [1.54, 1.807) is 19.1 Å². The number of nitro benzene ring substituents is 1. The highest BCUT2D eigenvalue weighted by Crippen LogP contribution is 2.24. The fraction of sp³-hybridized carbons (Fsp3) is 0.200. The lowest BCUT2D eigenvalue weighted by Gasteiger charge is -2.10. The second-order valence-corrected chi connectivity index (χ2v) is 6.11. The third kappa shape index (κ3) is 4.66. The molecule has 10 nitrogen and oxygen atoms in total. The van der Waals surface area contributed by atoms with Gasteiger partial charge in [-0.15, -0.1) is 10.2 Å². The number of hydrogen-bond donors (Lipinski definition) is 0. The lowest BCUT2D eigenvalue weighted by molar-refractivity contribution is -0.384. The number of hydrogen-bond acceptors (Lipinski definition) is 9. The molecule has 0 unspecified atom stereocenters. The normalized spacial score (nSPS) is 11.5. The number of benzene rings is 2. The van der Waals surface area contributed by atoms with Crippen molar-refractivity contribution < 1.29 is 28.4 Å². The van der Waals surface area contributed by atoms with Crippen molar-refractivity contribution in [3.8, 4) is 11.5 Å². The molecule has 1 atom stereocenters. The average molecular weight is 411 g/mol. The van der Waals surface area contributed by atoms with E-state index >= 15 is 0 Å². The van der Waals surface area contributed by atoms with E-state index in [9.17, 15) is 19.7 Å². The second-order valence-electron chi connectivity index (χ2n) is 6.11. The molecule has 0 amide bonds. The van der Waals surface area contributed by atoms with Crippen LogP contribution in [0.1, 0.15) is 46.6 Å². The number of carbonyl (C=O) groups is 2. The van der Waals surface area contributed by atoms with Gasteiger partial charge < -0.3 is 13.9 Å². The van der Waals surface area contributed by atoms with E-state index in [0.29, 0.717) is 5.56 Å². The number of esters is 2. The van der Waals surface area contributed by atoms with E-state index in [1.807, 2.05) is 18.2 Å². The predicted molar refractivity (Wildman–Crippen MR) is 103 cm³/mol. The Morgan fingerprint density at radius 3 is 2.40 bits per heavy atom. The highest BCUT2D eigenvalue weighted by Gasteiger charge is 2.23. The number of carbonyl (C=O) groups excluding carboxylic acids is 2. The average Bonchev–Trinajstić information content (AvgIpc) is 3.24. The van der Waals surface area contributed by atoms with Gasteiger partial charge in [0.1, 0.15) is 0 Å². The first-order valence-electron chi connectivity index (χ1n) is 8.95. The molecule has 0 aliphatic heterocycles. The van der Waals surface area contributed by atoms with Crippen molar-refractivity contribution in [3.63, 3.8) is 0 Å². The molecule has 0 bridgehead atoms. The molecule has 1 heterocycles. The monoisotopic (exact) mass is 411 g/mol. The maximum absolute atomic E-state index is 12.5. The Labute approximate surface area is 170 Å². The van der Waals surface area contributed by atoms with Crippen LogP contribution in [0.5, 0.6) is 0 Å². The Morgan fingerprint density at radius 2 is 1.77 bits per heavy atom. The van der Waals surface area contributed by atoms with Crippen LogP contribution in [0, 0.1) is 10.1 Å². The molecule has 30 heavy (non-hydrogen) atoms. The molecule has 0 radical (unpaired) electrons. The van der Waals surface area contributed by atoms with Crippen molar-refractivity contribution in [1.82, 2.24) is 10.2 Å². The van der Waals surface area contributed by atoms with Gasteiger partial charge in [-0.05, 0) is 32.0 Å². The van der Waals surface area contributed by atoms with Crippen LogP contribution in [0.2, 0.25) is 0 Å². The quantitative estimate of drug-likeness (QED) is 0.323. The minimum atomic E-state index is -0.923. The Kier molecular flexibility index (Phi) is 6.16. The third-order valence-corrected chi connectivity index (χ3v) is 3.97. The van der Waals surface area contributed by atoms with Crippen LogP contribution in [0.15, 0.2) is 52.9 Å². The molecular weight excluding hydrogens is 394 g/mol. The van der Waals surface area contributed by atoms with E-state index in [4.69, 9.17) is 13.9 Å². The van der Waals surface area contributed by atoms with Crippen LogP contribution >= 0.6 is 0 Å². The first-order valence-corrected chi connectivity index (χ1v) is 8.95. The zero-order valence-electron chi connectivity index (χ0n) is 16.1. The topological polar surface area (TPSA) is 135 Å². The molecule has 0 N–H and O–H groups in total. The summed E-state index contributed by atoms with van der Waals surface area (Å²) in [6.07, 6.45) is -0.923. The van der Waals surface area contributed by atoms with Crippen molar-refractivity contribution in [2.45, 2.75) is 20.0 Å². The Balaban J connectivity index is 1.80. The molecule has 2 aromatic carbocycles. The number of ether oxygens (including phenoxy) is 2. The van der Waals surface area contributed by atoms with Crippen molar-refractivity contribution in [3.05, 3.63) is 75.7 Å². The maximum Gasteiger partial charge on any atom is 0.339 e. The molecule has 0 fully saturated rings. The van der Waals surface area contributed by atoms with E-state index in [2.05, 4.69) is 10.2 Å². The van der Waals surface area contributed by atoms with Gasteiger partial charge in [0.05, 0.1) is 22.7 Å². The lowest BCUT2D eigenvalue weighted by Crippen LogP contribution is -2.12. The molecule has 10 heteroatoms. The summed E-state index contributed by atoms with van der Waals surface area (Å²) in [4.78, 5) is 34.9. The molecule has 0 spiro atoms. The van der Waals surface area contributed by atoms with Gasteiger partial charge in [-0.3, -0.25) is 10.1 Å². The molecule has 1 aromatic heterocycles. The Bertz CT molecular complexity index is 1080. The largest absolute Gasteiger partial charge is 0.462 e. The summed E-state index contributed by atoms with van der Waals surface area (Å²) in [5.41, 5.74) is -0.0476. The zero-order valence-corrected chi connectivity index (χ0v) is 16.1. The van der Waals surface area contributed by atoms with Gasteiger partial charge in [0.15, 0.2) is 6.10 Å². The Morgan fingerprint density at radius 1 is 1.10 bits per heavy atom. The molecule has 3 rings (SSSR count). The van der Waals surface area contributed by atoms with Gasteiger partial charge in [0.25, 0.3) is 11.6 Å². The van der Waals surface area contributed by atoms with Gasteiger partial charge >= 0.3 is 11.9 Å². The fourth-order valence-corrected chi connectivity index (χ4v) is 2.54. The van der Waals surface area contributed by atoms with Gasteiger partial charge in [-0.2, -0.15) is 0 Å². The van der Waals surface area contributed by atoms with E-state index < -0.39 is 28.7 Å². The highest BCUT2D eigenvalue weighted by molar-refractivity contribution is 5.96. The highest BCUT2D eigenvalue weighted by atomic mass is 16.6. The van der Waals surface area contributed by atoms with Crippen molar-refractivity contribution in [2.24, 2.45) is 0 Å². The minimum absolute atomic E-state index is 0.0539. The molecule has 0 saturated carbocycles. The first kappa shape index (κ1) is 20.6. The van der Waals surface area contributed by atoms with Gasteiger partial charge in [-0.1, -0.05) is 18.2 Å². The summed E-state index contributed by atoms with van der Waals surface area (Å²) >= 11 is 0. The minimum Gasteiger partial charge on any atom is -0.462 e. The summed E-state index contributed by atoms with van der Waals surface area (Å²) in [7, 11) is 0. The van der Waals surface area contributed by atoms with Crippen LogP contribution in [-0.2, 0) is 9.47 Å². The standard InChI is InChI=1S/C20H17N3O7/c1-3-28-19(24)14-9-15(11-16(10-14)23(26)27)20(25)29-12(2)17-21-22-18(30-17)13-7-5-4-6-8-13/h4-12H,3H2,1-2H3/t12-/m1/s1. The lowest BCUT2D eigenvalue weighted by atomic mass is 10.1. The zero-order chi connectivity index (χ0) is 21.7. The van der Waals surface area contributed by atoms with Crippen LogP contribution in [-0.4, -0.2) is 33.7 Å². The first-order chi connectivity index (χ1) is 14.4. The Hall–Kier alpha value is -4.08. The molecular formula is C20H17N3O7. The van der Waals surface area contributed by atoms with E-state index in [-0.39, 0.29) is 29.5 Å².